The number of nitrogens with zero attached hydrogens (tertiary/aromatic N) is 2. The van der Waals surface area contributed by atoms with E-state index in [9.17, 15) is 13.2 Å². The zero-order chi connectivity index (χ0) is 20.2. The Morgan fingerprint density at radius 2 is 2.07 bits per heavy atom. The molecular weight excluding hydrogens is 394 g/mol. The minimum absolute atomic E-state index is 0.0202. The summed E-state index contributed by atoms with van der Waals surface area (Å²) in [5.74, 6) is 0.249. The fourth-order valence-corrected chi connectivity index (χ4v) is 6.62. The molecule has 0 unspecified atom stereocenters. The normalized spacial score (nSPS) is 21.2. The van der Waals surface area contributed by atoms with Crippen LogP contribution in [-0.4, -0.2) is 46.7 Å². The van der Waals surface area contributed by atoms with Crippen molar-refractivity contribution in [2.75, 3.05) is 17.3 Å². The molecule has 1 aromatic heterocycles. The van der Waals surface area contributed by atoms with Gasteiger partial charge in [-0.3, -0.25) is 4.79 Å². The molecule has 2 heterocycles. The van der Waals surface area contributed by atoms with E-state index < -0.39 is 15.4 Å². The molecule has 1 aromatic carbocycles. The third-order valence-electron chi connectivity index (χ3n) is 5.13. The van der Waals surface area contributed by atoms with Crippen LogP contribution in [0.1, 0.15) is 46.0 Å². The van der Waals surface area contributed by atoms with Crippen LogP contribution >= 0.6 is 11.8 Å². The van der Waals surface area contributed by atoms with Crippen molar-refractivity contribution in [2.45, 2.75) is 63.2 Å². The fourth-order valence-electron chi connectivity index (χ4n) is 3.69. The number of rotatable bonds is 9. The summed E-state index contributed by atoms with van der Waals surface area (Å²) >= 11 is 1.42. The first-order valence-electron chi connectivity index (χ1n) is 9.91. The Morgan fingerprint density at radius 3 is 2.79 bits per heavy atom. The maximum atomic E-state index is 12.5. The molecule has 0 saturated carbocycles. The van der Waals surface area contributed by atoms with E-state index in [-0.39, 0.29) is 23.2 Å². The van der Waals surface area contributed by atoms with E-state index >= 15 is 0 Å². The van der Waals surface area contributed by atoms with Crippen LogP contribution in [-0.2, 0) is 21.2 Å². The quantitative estimate of drug-likeness (QED) is 0.494. The third kappa shape index (κ3) is 5.29. The molecule has 154 valence electrons. The van der Waals surface area contributed by atoms with Crippen molar-refractivity contribution in [3.63, 3.8) is 0 Å². The van der Waals surface area contributed by atoms with Gasteiger partial charge in [0.1, 0.15) is 0 Å². The maximum absolute atomic E-state index is 12.5. The SMILES string of the molecule is CCCCCCn1c(SCC(=O)N[C@]2(C)CCS(=O)(=O)C2)nc2ccccc21. The van der Waals surface area contributed by atoms with E-state index in [4.69, 9.17) is 4.98 Å². The highest BCUT2D eigenvalue weighted by Crippen LogP contribution is 2.26. The second kappa shape index (κ2) is 8.86. The van der Waals surface area contributed by atoms with Crippen molar-refractivity contribution in [1.82, 2.24) is 14.9 Å². The predicted octanol–water partition coefficient (Wildman–Crippen LogP) is 3.40. The van der Waals surface area contributed by atoms with Crippen LogP contribution in [0.3, 0.4) is 0 Å². The first-order valence-corrected chi connectivity index (χ1v) is 12.7. The van der Waals surface area contributed by atoms with Gasteiger partial charge < -0.3 is 9.88 Å². The van der Waals surface area contributed by atoms with Gasteiger partial charge in [0.05, 0.1) is 33.8 Å². The van der Waals surface area contributed by atoms with Crippen LogP contribution in [0.2, 0.25) is 0 Å². The average molecular weight is 424 g/mol. The lowest BCUT2D eigenvalue weighted by Crippen LogP contribution is -2.47. The number of hydrogen-bond donors (Lipinski definition) is 1. The Balaban J connectivity index is 1.65. The van der Waals surface area contributed by atoms with E-state index in [1.54, 1.807) is 0 Å². The molecule has 6 nitrogen and oxygen atoms in total. The third-order valence-corrected chi connectivity index (χ3v) is 8.01. The number of thioether (sulfide) groups is 1. The number of imidazole rings is 1. The predicted molar refractivity (Wildman–Crippen MR) is 114 cm³/mol. The Bertz CT molecular complexity index is 939. The number of aryl methyl sites for hydroxylation is 1. The lowest BCUT2D eigenvalue weighted by atomic mass is 10.0. The second-order valence-corrected chi connectivity index (χ2v) is 11.0. The van der Waals surface area contributed by atoms with Crippen LogP contribution in [0.5, 0.6) is 0 Å². The smallest absolute Gasteiger partial charge is 0.230 e. The van der Waals surface area contributed by atoms with Gasteiger partial charge in [0, 0.05) is 6.54 Å². The van der Waals surface area contributed by atoms with Crippen LogP contribution < -0.4 is 5.32 Å². The van der Waals surface area contributed by atoms with Crippen molar-refractivity contribution in [1.29, 1.82) is 0 Å². The topological polar surface area (TPSA) is 81.1 Å². The Kier molecular flexibility index (Phi) is 6.70. The van der Waals surface area contributed by atoms with Crippen LogP contribution in [0.4, 0.5) is 0 Å². The number of hydrogen-bond acceptors (Lipinski definition) is 5. The highest BCUT2D eigenvalue weighted by Gasteiger charge is 2.39. The minimum atomic E-state index is -3.04. The number of para-hydroxylation sites is 2. The monoisotopic (exact) mass is 423 g/mol. The van der Waals surface area contributed by atoms with Crippen molar-refractivity contribution in [3.05, 3.63) is 24.3 Å². The molecule has 1 aliphatic rings. The molecule has 0 aliphatic carbocycles. The fraction of sp³-hybridized carbons (Fsp3) is 0.600. The molecule has 1 fully saturated rings. The average Bonchev–Trinajstić information content (AvgIpc) is 3.13. The molecule has 1 saturated heterocycles. The number of unbranched alkanes of at least 4 members (excludes halogenated alkanes) is 3. The van der Waals surface area contributed by atoms with Crippen LogP contribution in [0.15, 0.2) is 29.4 Å². The molecule has 8 heteroatoms. The van der Waals surface area contributed by atoms with Gasteiger partial charge in [0.15, 0.2) is 15.0 Å². The highest BCUT2D eigenvalue weighted by atomic mass is 32.2. The summed E-state index contributed by atoms with van der Waals surface area (Å²) in [7, 11) is -3.04. The number of fused-ring (bicyclic) bond motifs is 1. The van der Waals surface area contributed by atoms with E-state index in [2.05, 4.69) is 22.9 Å². The summed E-state index contributed by atoms with van der Waals surface area (Å²) in [6, 6.07) is 8.04. The number of amides is 1. The molecule has 2 aromatic rings. The largest absolute Gasteiger partial charge is 0.349 e. The van der Waals surface area contributed by atoms with Gasteiger partial charge in [0.2, 0.25) is 5.91 Å². The van der Waals surface area contributed by atoms with Crippen molar-refractivity contribution < 1.29 is 13.2 Å². The van der Waals surface area contributed by atoms with Gasteiger partial charge in [-0.15, -0.1) is 0 Å². The molecule has 0 spiro atoms. The highest BCUT2D eigenvalue weighted by molar-refractivity contribution is 7.99. The Labute approximate surface area is 171 Å². The first-order chi connectivity index (χ1) is 13.3. The number of sulfone groups is 1. The Hall–Kier alpha value is -1.54. The van der Waals surface area contributed by atoms with Gasteiger partial charge in [-0.25, -0.2) is 13.4 Å². The molecule has 0 radical (unpaired) electrons. The summed E-state index contributed by atoms with van der Waals surface area (Å²) in [6.45, 7) is 4.89. The molecule has 0 bridgehead atoms. The lowest BCUT2D eigenvalue weighted by molar-refractivity contribution is -0.120. The van der Waals surface area contributed by atoms with Gasteiger partial charge in [0.25, 0.3) is 0 Å². The molecule has 1 atom stereocenters. The molecule has 1 amide bonds. The lowest BCUT2D eigenvalue weighted by Gasteiger charge is -2.23. The van der Waals surface area contributed by atoms with Crippen molar-refractivity contribution in [2.24, 2.45) is 0 Å². The van der Waals surface area contributed by atoms with Crippen LogP contribution in [0.25, 0.3) is 11.0 Å². The van der Waals surface area contributed by atoms with Crippen molar-refractivity contribution >= 4 is 38.5 Å². The van der Waals surface area contributed by atoms with Gasteiger partial charge in [-0.2, -0.15) is 0 Å². The van der Waals surface area contributed by atoms with E-state index in [1.165, 1.54) is 31.0 Å². The number of carbonyl (C=O) groups excluding carboxylic acids is 1. The first kappa shape index (κ1) is 21.2. The van der Waals surface area contributed by atoms with Crippen molar-refractivity contribution in [3.8, 4) is 0 Å². The Morgan fingerprint density at radius 1 is 1.29 bits per heavy atom. The van der Waals surface area contributed by atoms with Crippen LogP contribution in [0, 0.1) is 0 Å². The molecule has 1 N–H and O–H groups in total. The summed E-state index contributed by atoms with van der Waals surface area (Å²) in [4.78, 5) is 17.2. The molecule has 3 rings (SSSR count). The zero-order valence-electron chi connectivity index (χ0n) is 16.6. The van der Waals surface area contributed by atoms with E-state index in [0.717, 1.165) is 29.2 Å². The number of nitrogens with one attached hydrogen (secondary N) is 1. The summed E-state index contributed by atoms with van der Waals surface area (Å²) in [5.41, 5.74) is 1.38. The molecular formula is C20H29N3O3S2. The minimum Gasteiger partial charge on any atom is -0.349 e. The zero-order valence-corrected chi connectivity index (χ0v) is 18.2. The summed E-state index contributed by atoms with van der Waals surface area (Å²) in [5, 5.41) is 3.76. The standard InChI is InChI=1S/C20H29N3O3S2/c1-3-4-5-8-12-23-17-10-7-6-9-16(17)21-19(23)27-14-18(24)22-20(2)11-13-28(25,26)15-20/h6-7,9-10H,3-5,8,11-15H2,1-2H3,(H,22,24)/t20-/m1/s1. The van der Waals surface area contributed by atoms with E-state index in [1.807, 2.05) is 25.1 Å². The summed E-state index contributed by atoms with van der Waals surface area (Å²) < 4.78 is 25.7. The summed E-state index contributed by atoms with van der Waals surface area (Å²) in [6.07, 6.45) is 5.16. The van der Waals surface area contributed by atoms with E-state index in [0.29, 0.717) is 6.42 Å². The second-order valence-electron chi connectivity index (χ2n) is 7.83. The maximum Gasteiger partial charge on any atom is 0.230 e. The van der Waals surface area contributed by atoms with Gasteiger partial charge in [-0.1, -0.05) is 50.1 Å². The number of benzene rings is 1. The van der Waals surface area contributed by atoms with Gasteiger partial charge in [-0.05, 0) is 31.9 Å². The molecule has 28 heavy (non-hydrogen) atoms. The molecule has 1 aliphatic heterocycles. The number of aromatic nitrogens is 2. The van der Waals surface area contributed by atoms with Gasteiger partial charge >= 0.3 is 0 Å². The number of carbonyl (C=O) groups is 1.